The molecule has 4 aromatic carbocycles. The molecule has 5 rings (SSSR count). The zero-order chi connectivity index (χ0) is 31.4. The van der Waals surface area contributed by atoms with Crippen LogP contribution in [-0.2, 0) is 37.3 Å². The van der Waals surface area contributed by atoms with Crippen LogP contribution in [0.3, 0.4) is 0 Å². The largest absolute Gasteiger partial charge is 0.489 e. The summed E-state index contributed by atoms with van der Waals surface area (Å²) < 4.78 is 7.90. The van der Waals surface area contributed by atoms with Gasteiger partial charge in [0.05, 0.1) is 34.4 Å². The molecule has 1 aromatic heterocycles. The predicted octanol–water partition coefficient (Wildman–Crippen LogP) is 6.75. The van der Waals surface area contributed by atoms with Gasteiger partial charge in [0.1, 0.15) is 12.4 Å². The first kappa shape index (κ1) is 31.8. The molecule has 5 aromatic rings. The van der Waals surface area contributed by atoms with Crippen molar-refractivity contribution in [1.29, 1.82) is 5.26 Å². The number of carbonyl (C=O) groups excluding carboxylic acids is 1. The molecule has 0 unspecified atom stereocenters. The molecule has 0 aliphatic rings. The summed E-state index contributed by atoms with van der Waals surface area (Å²) in [6.07, 6.45) is 4.23. The first-order valence-corrected chi connectivity index (χ1v) is 15.4. The first-order valence-electron chi connectivity index (χ1n) is 14.6. The maximum absolute atomic E-state index is 13.3. The van der Waals surface area contributed by atoms with Crippen LogP contribution in [0.1, 0.15) is 33.5 Å². The molecule has 0 radical (unpaired) electrons. The minimum atomic E-state index is -0.193. The van der Waals surface area contributed by atoms with E-state index in [0.717, 1.165) is 33.7 Å². The van der Waals surface area contributed by atoms with Crippen LogP contribution in [0.2, 0.25) is 10.0 Å². The van der Waals surface area contributed by atoms with Gasteiger partial charge >= 0.3 is 0 Å². The quantitative estimate of drug-likeness (QED) is 0.141. The summed E-state index contributed by atoms with van der Waals surface area (Å²) in [6, 6.07) is 32.9. The van der Waals surface area contributed by atoms with E-state index in [0.29, 0.717) is 48.3 Å². The molecular weight excluding hydrogens is 605 g/mol. The van der Waals surface area contributed by atoms with Crippen LogP contribution in [0.25, 0.3) is 0 Å². The first-order chi connectivity index (χ1) is 22.0. The van der Waals surface area contributed by atoms with E-state index in [-0.39, 0.29) is 18.4 Å². The monoisotopic (exact) mass is 637 g/mol. The number of benzene rings is 4. The van der Waals surface area contributed by atoms with Gasteiger partial charge in [-0.3, -0.25) is 4.79 Å². The molecule has 7 nitrogen and oxygen atoms in total. The van der Waals surface area contributed by atoms with Crippen molar-refractivity contribution in [3.63, 3.8) is 0 Å². The minimum Gasteiger partial charge on any atom is -0.489 e. The zero-order valence-electron chi connectivity index (χ0n) is 24.6. The van der Waals surface area contributed by atoms with Gasteiger partial charge in [-0.05, 0) is 59.0 Å². The molecule has 1 heterocycles. The fraction of sp³-hybridized carbons (Fsp3) is 0.194. The van der Waals surface area contributed by atoms with Crippen LogP contribution in [-0.4, -0.2) is 28.0 Å². The van der Waals surface area contributed by atoms with Gasteiger partial charge in [-0.15, -0.1) is 0 Å². The molecule has 9 heteroatoms. The molecule has 45 heavy (non-hydrogen) atoms. The highest BCUT2D eigenvalue weighted by atomic mass is 35.5. The smallest absolute Gasteiger partial charge is 0.226 e. The number of hydrogen-bond donors (Lipinski definition) is 2. The Hall–Kier alpha value is -4.61. The third kappa shape index (κ3) is 9.44. The highest BCUT2D eigenvalue weighted by molar-refractivity contribution is 6.42. The normalized spacial score (nSPS) is 11.5. The summed E-state index contributed by atoms with van der Waals surface area (Å²) in [5.74, 6) is 0.680. The van der Waals surface area contributed by atoms with Gasteiger partial charge in [0, 0.05) is 37.6 Å². The molecule has 0 saturated heterocycles. The Morgan fingerprint density at radius 1 is 0.911 bits per heavy atom. The lowest BCUT2D eigenvalue weighted by Crippen LogP contribution is -2.44. The number of amides is 1. The van der Waals surface area contributed by atoms with Gasteiger partial charge in [-0.25, -0.2) is 4.98 Å². The van der Waals surface area contributed by atoms with Crippen molar-refractivity contribution < 1.29 is 9.53 Å². The molecule has 0 spiro atoms. The second-order valence-electron chi connectivity index (χ2n) is 10.7. The lowest BCUT2D eigenvalue weighted by Gasteiger charge is -2.21. The summed E-state index contributed by atoms with van der Waals surface area (Å²) in [5.41, 5.74) is 5.49. The zero-order valence-corrected chi connectivity index (χ0v) is 26.1. The molecule has 0 saturated carbocycles. The average molecular weight is 639 g/mol. The van der Waals surface area contributed by atoms with Gasteiger partial charge in [-0.2, -0.15) is 5.26 Å². The SMILES string of the molecule is N#Cc1ccc(Cn2cncc2CC(=O)N[C@H](CNCc2cccc(Cl)c2Cl)Cc2ccc(OCc3ccccc3)cc2)cc1. The van der Waals surface area contributed by atoms with Crippen LogP contribution in [0.4, 0.5) is 0 Å². The highest BCUT2D eigenvalue weighted by Gasteiger charge is 2.16. The van der Waals surface area contributed by atoms with Crippen LogP contribution in [0.5, 0.6) is 5.75 Å². The summed E-state index contributed by atoms with van der Waals surface area (Å²) in [5, 5.41) is 16.7. The van der Waals surface area contributed by atoms with Crippen molar-refractivity contribution in [2.75, 3.05) is 6.54 Å². The Labute approximate surface area is 273 Å². The van der Waals surface area contributed by atoms with E-state index < -0.39 is 0 Å². The van der Waals surface area contributed by atoms with Crippen LogP contribution < -0.4 is 15.4 Å². The van der Waals surface area contributed by atoms with Crippen molar-refractivity contribution in [3.8, 4) is 11.8 Å². The fourth-order valence-electron chi connectivity index (χ4n) is 4.95. The van der Waals surface area contributed by atoms with Crippen molar-refractivity contribution in [2.24, 2.45) is 0 Å². The van der Waals surface area contributed by atoms with Gasteiger partial charge in [0.15, 0.2) is 0 Å². The summed E-state index contributed by atoms with van der Waals surface area (Å²) in [7, 11) is 0. The topological polar surface area (TPSA) is 92.0 Å². The van der Waals surface area contributed by atoms with Crippen molar-refractivity contribution in [2.45, 2.75) is 38.6 Å². The van der Waals surface area contributed by atoms with E-state index >= 15 is 0 Å². The Balaban J connectivity index is 1.22. The molecule has 0 bridgehead atoms. The van der Waals surface area contributed by atoms with Gasteiger partial charge < -0.3 is 19.9 Å². The number of nitrogens with one attached hydrogen (secondary N) is 2. The molecule has 1 amide bonds. The Kier molecular flexibility index (Phi) is 11.3. The molecule has 228 valence electrons. The number of halogens is 2. The van der Waals surface area contributed by atoms with E-state index in [1.54, 1.807) is 30.7 Å². The van der Waals surface area contributed by atoms with Gasteiger partial charge in [0.25, 0.3) is 0 Å². The van der Waals surface area contributed by atoms with E-state index in [1.807, 2.05) is 83.4 Å². The molecule has 0 aliphatic carbocycles. The Morgan fingerprint density at radius 2 is 1.67 bits per heavy atom. The lowest BCUT2D eigenvalue weighted by molar-refractivity contribution is -0.121. The van der Waals surface area contributed by atoms with Crippen LogP contribution in [0, 0.1) is 11.3 Å². The number of ether oxygens (including phenoxy) is 1. The van der Waals surface area contributed by atoms with Crippen LogP contribution in [0.15, 0.2) is 110 Å². The average Bonchev–Trinajstić information content (AvgIpc) is 3.49. The summed E-state index contributed by atoms with van der Waals surface area (Å²) in [6.45, 7) is 2.08. The van der Waals surface area contributed by atoms with Gasteiger partial charge in [0.2, 0.25) is 5.91 Å². The standard InChI is InChI=1S/C36H33Cl2N5O2/c37-34-8-4-7-30(36(34)38)20-40-21-31(17-26-13-15-33(16-14-26)45-24-29-5-2-1-3-6-29)42-35(44)18-32-22-41-25-43(32)23-28-11-9-27(19-39)10-12-28/h1-16,22,25,31,40H,17-18,20-21,23-24H2,(H,42,44)/t31-/m0/s1. The van der Waals surface area contributed by atoms with Crippen molar-refractivity contribution in [3.05, 3.63) is 153 Å². The Morgan fingerprint density at radius 3 is 2.42 bits per heavy atom. The maximum Gasteiger partial charge on any atom is 0.226 e. The minimum absolute atomic E-state index is 0.105. The molecule has 0 aliphatic heterocycles. The second-order valence-corrected chi connectivity index (χ2v) is 11.5. The molecular formula is C36H33Cl2N5O2. The second kappa shape index (κ2) is 15.9. The van der Waals surface area contributed by atoms with E-state index in [1.165, 1.54) is 0 Å². The number of hydrogen-bond acceptors (Lipinski definition) is 5. The van der Waals surface area contributed by atoms with Gasteiger partial charge in [-0.1, -0.05) is 89.9 Å². The number of rotatable bonds is 14. The number of nitriles is 1. The predicted molar refractivity (Wildman–Crippen MR) is 177 cm³/mol. The van der Waals surface area contributed by atoms with E-state index in [4.69, 9.17) is 33.2 Å². The van der Waals surface area contributed by atoms with E-state index in [2.05, 4.69) is 21.7 Å². The number of carbonyl (C=O) groups is 1. The number of nitrogens with zero attached hydrogens (tertiary/aromatic N) is 3. The molecule has 0 fully saturated rings. The third-order valence-corrected chi connectivity index (χ3v) is 8.19. The fourth-order valence-corrected chi connectivity index (χ4v) is 5.34. The Bertz CT molecular complexity index is 1730. The number of aromatic nitrogens is 2. The summed E-state index contributed by atoms with van der Waals surface area (Å²) >= 11 is 12.6. The third-order valence-electron chi connectivity index (χ3n) is 7.33. The molecule has 1 atom stereocenters. The lowest BCUT2D eigenvalue weighted by atomic mass is 10.0. The van der Waals surface area contributed by atoms with Crippen molar-refractivity contribution in [1.82, 2.24) is 20.2 Å². The van der Waals surface area contributed by atoms with Crippen LogP contribution >= 0.6 is 23.2 Å². The molecule has 2 N–H and O–H groups in total. The van der Waals surface area contributed by atoms with Crippen molar-refractivity contribution >= 4 is 29.1 Å². The maximum atomic E-state index is 13.3. The highest BCUT2D eigenvalue weighted by Crippen LogP contribution is 2.25. The van der Waals surface area contributed by atoms with E-state index in [9.17, 15) is 4.79 Å². The summed E-state index contributed by atoms with van der Waals surface area (Å²) in [4.78, 5) is 17.6. The number of imidazole rings is 1.